The second-order valence-electron chi connectivity index (χ2n) is 5.73. The van der Waals surface area contributed by atoms with Gasteiger partial charge in [-0.05, 0) is 61.5 Å². The highest BCUT2D eigenvalue weighted by atomic mass is 15.2. The monoisotopic (exact) mass is 256 g/mol. The van der Waals surface area contributed by atoms with E-state index in [-0.39, 0.29) is 0 Å². The van der Waals surface area contributed by atoms with E-state index in [9.17, 15) is 0 Å². The maximum atomic E-state index is 3.28. The molecule has 0 saturated carbocycles. The van der Waals surface area contributed by atoms with Gasteiger partial charge in [0.2, 0.25) is 0 Å². The van der Waals surface area contributed by atoms with Crippen molar-refractivity contribution in [3.05, 3.63) is 36.0 Å². The van der Waals surface area contributed by atoms with Gasteiger partial charge in [-0.3, -0.25) is 4.90 Å². The molecular formula is C17H24N2. The van der Waals surface area contributed by atoms with Gasteiger partial charge in [-0.1, -0.05) is 25.8 Å². The lowest BCUT2D eigenvalue weighted by atomic mass is 9.94. The number of likely N-dealkylation sites (tertiary alicyclic amines) is 1. The Morgan fingerprint density at radius 3 is 3.11 bits per heavy atom. The van der Waals surface area contributed by atoms with E-state index in [1.54, 1.807) is 0 Å². The molecule has 2 heterocycles. The maximum Gasteiger partial charge on any atom is 0.0454 e. The predicted octanol–water partition coefficient (Wildman–Crippen LogP) is 4.50. The van der Waals surface area contributed by atoms with Crippen LogP contribution in [0.5, 0.6) is 0 Å². The minimum atomic E-state index is 0.639. The van der Waals surface area contributed by atoms with Crippen LogP contribution < -0.4 is 0 Å². The number of unbranched alkanes of at least 4 members (excludes halogenated alkanes) is 1. The van der Waals surface area contributed by atoms with Gasteiger partial charge in [0.25, 0.3) is 0 Å². The van der Waals surface area contributed by atoms with Gasteiger partial charge in [-0.2, -0.15) is 0 Å². The average molecular weight is 256 g/mol. The van der Waals surface area contributed by atoms with E-state index in [0.717, 1.165) is 0 Å². The van der Waals surface area contributed by atoms with E-state index in [0.29, 0.717) is 6.04 Å². The molecule has 2 heteroatoms. The molecule has 1 saturated heterocycles. The van der Waals surface area contributed by atoms with Crippen molar-refractivity contribution in [2.45, 2.75) is 45.1 Å². The molecule has 0 amide bonds. The summed E-state index contributed by atoms with van der Waals surface area (Å²) in [5.41, 5.74) is 2.75. The first-order valence-electron chi connectivity index (χ1n) is 7.69. The summed E-state index contributed by atoms with van der Waals surface area (Å²) in [4.78, 5) is 5.98. The first-order valence-corrected chi connectivity index (χ1v) is 7.69. The first-order chi connectivity index (χ1) is 9.38. The number of benzene rings is 1. The third-order valence-corrected chi connectivity index (χ3v) is 4.37. The van der Waals surface area contributed by atoms with Gasteiger partial charge in [0.05, 0.1) is 0 Å². The van der Waals surface area contributed by atoms with Crippen molar-refractivity contribution in [2.75, 3.05) is 13.1 Å². The van der Waals surface area contributed by atoms with Gasteiger partial charge in [0.1, 0.15) is 0 Å². The molecule has 2 nitrogen and oxygen atoms in total. The summed E-state index contributed by atoms with van der Waals surface area (Å²) in [5.74, 6) is 0. The van der Waals surface area contributed by atoms with Crippen LogP contribution in [0.25, 0.3) is 10.9 Å². The van der Waals surface area contributed by atoms with Gasteiger partial charge in [0, 0.05) is 17.8 Å². The van der Waals surface area contributed by atoms with Crippen LogP contribution in [-0.4, -0.2) is 23.0 Å². The molecule has 2 aromatic rings. The Hall–Kier alpha value is -1.28. The zero-order valence-corrected chi connectivity index (χ0v) is 11.9. The normalized spacial score (nSPS) is 21.0. The summed E-state index contributed by atoms with van der Waals surface area (Å²) in [6, 6.07) is 9.74. The van der Waals surface area contributed by atoms with Crippen LogP contribution in [0, 0.1) is 0 Å². The molecule has 3 rings (SSSR count). The molecule has 0 spiro atoms. The summed E-state index contributed by atoms with van der Waals surface area (Å²) < 4.78 is 0. The van der Waals surface area contributed by atoms with Crippen molar-refractivity contribution in [3.8, 4) is 0 Å². The number of hydrogen-bond donors (Lipinski definition) is 1. The van der Waals surface area contributed by atoms with Crippen LogP contribution in [0.3, 0.4) is 0 Å². The Balaban J connectivity index is 1.84. The van der Waals surface area contributed by atoms with Crippen molar-refractivity contribution >= 4 is 10.9 Å². The van der Waals surface area contributed by atoms with Crippen LogP contribution in [-0.2, 0) is 0 Å². The van der Waals surface area contributed by atoms with E-state index < -0.39 is 0 Å². The van der Waals surface area contributed by atoms with Crippen molar-refractivity contribution in [1.82, 2.24) is 9.88 Å². The number of H-pyrrole nitrogens is 1. The van der Waals surface area contributed by atoms with Crippen LogP contribution in [0.2, 0.25) is 0 Å². The minimum absolute atomic E-state index is 0.639. The van der Waals surface area contributed by atoms with Gasteiger partial charge in [0.15, 0.2) is 0 Å². The fourth-order valence-electron chi connectivity index (χ4n) is 3.28. The highest BCUT2D eigenvalue weighted by molar-refractivity contribution is 5.80. The molecule has 0 unspecified atom stereocenters. The molecule has 0 bridgehead atoms. The average Bonchev–Trinajstić information content (AvgIpc) is 2.92. The number of nitrogens with zero attached hydrogens (tertiary/aromatic N) is 1. The number of piperidine rings is 1. The number of nitrogens with one attached hydrogen (secondary N) is 1. The molecule has 1 aliphatic heterocycles. The first kappa shape index (κ1) is 12.7. The number of aromatic amines is 1. The van der Waals surface area contributed by atoms with E-state index in [1.807, 2.05) is 6.20 Å². The van der Waals surface area contributed by atoms with Gasteiger partial charge < -0.3 is 4.98 Å². The third-order valence-electron chi connectivity index (χ3n) is 4.37. The third kappa shape index (κ3) is 2.69. The van der Waals surface area contributed by atoms with E-state index in [2.05, 4.69) is 41.1 Å². The topological polar surface area (TPSA) is 19.0 Å². The highest BCUT2D eigenvalue weighted by Gasteiger charge is 2.23. The minimum Gasteiger partial charge on any atom is -0.361 e. The fraction of sp³-hybridized carbons (Fsp3) is 0.529. The summed E-state index contributed by atoms with van der Waals surface area (Å²) in [6.07, 6.45) is 8.71. The Morgan fingerprint density at radius 2 is 2.21 bits per heavy atom. The molecule has 1 N–H and O–H groups in total. The smallest absolute Gasteiger partial charge is 0.0454 e. The lowest BCUT2D eigenvalue weighted by Crippen LogP contribution is -2.34. The molecule has 1 aliphatic rings. The predicted molar refractivity (Wildman–Crippen MR) is 81.4 cm³/mol. The lowest BCUT2D eigenvalue weighted by Gasteiger charge is -2.36. The molecule has 0 aliphatic carbocycles. The van der Waals surface area contributed by atoms with E-state index in [1.165, 1.54) is 61.7 Å². The number of fused-ring (bicyclic) bond motifs is 1. The molecule has 1 fully saturated rings. The van der Waals surface area contributed by atoms with Crippen molar-refractivity contribution in [3.63, 3.8) is 0 Å². The molecule has 1 aromatic heterocycles. The van der Waals surface area contributed by atoms with Crippen LogP contribution >= 0.6 is 0 Å². The molecule has 1 atom stereocenters. The number of aromatic nitrogens is 1. The van der Waals surface area contributed by atoms with Gasteiger partial charge >= 0.3 is 0 Å². The molecular weight excluding hydrogens is 232 g/mol. The number of rotatable bonds is 4. The van der Waals surface area contributed by atoms with Crippen LogP contribution in [0.1, 0.15) is 50.6 Å². The Morgan fingerprint density at radius 1 is 1.26 bits per heavy atom. The maximum absolute atomic E-state index is 3.28. The second-order valence-corrected chi connectivity index (χ2v) is 5.73. The Labute approximate surface area is 115 Å². The summed E-state index contributed by atoms with van der Waals surface area (Å²) >= 11 is 0. The van der Waals surface area contributed by atoms with Gasteiger partial charge in [-0.15, -0.1) is 0 Å². The Kier molecular flexibility index (Phi) is 3.88. The van der Waals surface area contributed by atoms with Crippen molar-refractivity contribution in [1.29, 1.82) is 0 Å². The fourth-order valence-corrected chi connectivity index (χ4v) is 3.28. The standard InChI is InChI=1S/C17H24N2/c1-2-3-11-19-12-5-4-6-17(19)15-7-8-16-14(13-15)9-10-18-16/h7-10,13,17-18H,2-6,11-12H2,1H3/t17-/m0/s1. The van der Waals surface area contributed by atoms with Crippen LogP contribution in [0.15, 0.2) is 30.5 Å². The van der Waals surface area contributed by atoms with Crippen molar-refractivity contribution in [2.24, 2.45) is 0 Å². The quantitative estimate of drug-likeness (QED) is 0.853. The molecule has 0 radical (unpaired) electrons. The number of hydrogen-bond acceptors (Lipinski definition) is 1. The molecule has 19 heavy (non-hydrogen) atoms. The van der Waals surface area contributed by atoms with Crippen LogP contribution in [0.4, 0.5) is 0 Å². The highest BCUT2D eigenvalue weighted by Crippen LogP contribution is 2.32. The van der Waals surface area contributed by atoms with Crippen molar-refractivity contribution < 1.29 is 0 Å². The molecule has 102 valence electrons. The molecule has 1 aromatic carbocycles. The lowest BCUT2D eigenvalue weighted by molar-refractivity contribution is 0.147. The van der Waals surface area contributed by atoms with Gasteiger partial charge in [-0.25, -0.2) is 0 Å². The summed E-state index contributed by atoms with van der Waals surface area (Å²) in [6.45, 7) is 4.81. The SMILES string of the molecule is CCCCN1CCCC[C@H]1c1ccc2[nH]ccc2c1. The summed E-state index contributed by atoms with van der Waals surface area (Å²) in [5, 5.41) is 1.35. The zero-order valence-electron chi connectivity index (χ0n) is 11.9. The zero-order chi connectivity index (χ0) is 13.1. The van der Waals surface area contributed by atoms with E-state index >= 15 is 0 Å². The largest absolute Gasteiger partial charge is 0.361 e. The summed E-state index contributed by atoms with van der Waals surface area (Å²) in [7, 11) is 0. The second kappa shape index (κ2) is 5.79. The Bertz CT molecular complexity index is 529. The van der Waals surface area contributed by atoms with E-state index in [4.69, 9.17) is 0 Å².